The Morgan fingerprint density at radius 2 is 1.85 bits per heavy atom. The van der Waals surface area contributed by atoms with Gasteiger partial charge >= 0.3 is 0 Å². The van der Waals surface area contributed by atoms with Crippen LogP contribution < -0.4 is 5.32 Å². The van der Waals surface area contributed by atoms with Crippen LogP contribution >= 0.6 is 0 Å². The molecule has 3 rings (SSSR count). The number of nitrogens with zero attached hydrogens (tertiary/aromatic N) is 1. The maximum Gasteiger partial charge on any atom is 0.246 e. The molecule has 1 N–H and O–H groups in total. The predicted molar refractivity (Wildman–Crippen MR) is 104 cm³/mol. The number of aryl methyl sites for hydroxylation is 2. The zero-order chi connectivity index (χ0) is 18.5. The summed E-state index contributed by atoms with van der Waals surface area (Å²) in [5.74, 6) is 0.770. The van der Waals surface area contributed by atoms with Crippen molar-refractivity contribution in [1.82, 2.24) is 4.90 Å². The van der Waals surface area contributed by atoms with Gasteiger partial charge in [0.25, 0.3) is 0 Å². The van der Waals surface area contributed by atoms with E-state index in [1.807, 2.05) is 86.5 Å². The Balaban J connectivity index is 1.87. The topological polar surface area (TPSA) is 45.5 Å². The summed E-state index contributed by atoms with van der Waals surface area (Å²) in [6.45, 7) is 4.57. The number of carbonyl (C=O) groups is 1. The molecule has 0 aliphatic carbocycles. The lowest BCUT2D eigenvalue weighted by atomic mass is 10.0. The summed E-state index contributed by atoms with van der Waals surface area (Å²) in [6, 6.07) is 19.2. The van der Waals surface area contributed by atoms with Crippen molar-refractivity contribution >= 4 is 11.6 Å². The lowest BCUT2D eigenvalue weighted by molar-refractivity contribution is -0.121. The van der Waals surface area contributed by atoms with Crippen molar-refractivity contribution < 1.29 is 9.21 Å². The summed E-state index contributed by atoms with van der Waals surface area (Å²) < 4.78 is 5.45. The fourth-order valence-electron chi connectivity index (χ4n) is 3.05. The SMILES string of the molecule is Cc1ccc(C)c(NC(=O)C(c2ccccc2)N(C)Cc2ccco2)c1. The lowest BCUT2D eigenvalue weighted by Crippen LogP contribution is -2.34. The van der Waals surface area contributed by atoms with Gasteiger partial charge in [0, 0.05) is 5.69 Å². The molecule has 2 aromatic carbocycles. The molecule has 0 fully saturated rings. The molecule has 1 atom stereocenters. The molecule has 0 bridgehead atoms. The van der Waals surface area contributed by atoms with Gasteiger partial charge in [0.05, 0.1) is 12.8 Å². The molecule has 26 heavy (non-hydrogen) atoms. The molecule has 4 nitrogen and oxygen atoms in total. The Morgan fingerprint density at radius 3 is 2.54 bits per heavy atom. The molecule has 4 heteroatoms. The van der Waals surface area contributed by atoms with E-state index in [0.29, 0.717) is 6.54 Å². The van der Waals surface area contributed by atoms with Crippen molar-refractivity contribution in [1.29, 1.82) is 0 Å². The quantitative estimate of drug-likeness (QED) is 0.702. The van der Waals surface area contributed by atoms with E-state index in [1.54, 1.807) is 6.26 Å². The highest BCUT2D eigenvalue weighted by Gasteiger charge is 2.26. The van der Waals surface area contributed by atoms with E-state index in [0.717, 1.165) is 28.1 Å². The first-order valence-electron chi connectivity index (χ1n) is 8.70. The van der Waals surface area contributed by atoms with Crippen LogP contribution in [0.2, 0.25) is 0 Å². The second kappa shape index (κ2) is 8.02. The van der Waals surface area contributed by atoms with E-state index in [-0.39, 0.29) is 5.91 Å². The van der Waals surface area contributed by atoms with Gasteiger partial charge in [-0.3, -0.25) is 9.69 Å². The Morgan fingerprint density at radius 1 is 1.08 bits per heavy atom. The smallest absolute Gasteiger partial charge is 0.246 e. The molecular weight excluding hydrogens is 324 g/mol. The summed E-state index contributed by atoms with van der Waals surface area (Å²) in [5, 5.41) is 3.10. The number of furan rings is 1. The molecule has 0 saturated carbocycles. The first-order chi connectivity index (χ1) is 12.5. The molecule has 134 valence electrons. The first kappa shape index (κ1) is 18.0. The minimum atomic E-state index is -0.416. The number of carbonyl (C=O) groups excluding carboxylic acids is 1. The molecule has 1 heterocycles. The normalized spacial score (nSPS) is 12.2. The van der Waals surface area contributed by atoms with Crippen LogP contribution in [0.4, 0.5) is 5.69 Å². The molecule has 0 saturated heterocycles. The molecule has 0 aliphatic rings. The third kappa shape index (κ3) is 4.21. The molecule has 3 aromatic rings. The maximum absolute atomic E-state index is 13.2. The zero-order valence-electron chi connectivity index (χ0n) is 15.4. The van der Waals surface area contributed by atoms with Gasteiger partial charge < -0.3 is 9.73 Å². The molecule has 0 spiro atoms. The fourth-order valence-corrected chi connectivity index (χ4v) is 3.05. The van der Waals surface area contributed by atoms with Gasteiger partial charge in [-0.2, -0.15) is 0 Å². The monoisotopic (exact) mass is 348 g/mol. The molecular formula is C22H24N2O2. The maximum atomic E-state index is 13.2. The van der Waals surface area contributed by atoms with Crippen molar-refractivity contribution in [3.05, 3.63) is 89.4 Å². The van der Waals surface area contributed by atoms with Gasteiger partial charge in [-0.25, -0.2) is 0 Å². The van der Waals surface area contributed by atoms with Gasteiger partial charge in [-0.15, -0.1) is 0 Å². The molecule has 1 unspecified atom stereocenters. The third-order valence-corrected chi connectivity index (χ3v) is 4.44. The number of likely N-dealkylation sites (N-methyl/N-ethyl adjacent to an activating group) is 1. The predicted octanol–water partition coefficient (Wildman–Crippen LogP) is 4.71. The van der Waals surface area contributed by atoms with Gasteiger partial charge in [0.15, 0.2) is 0 Å². The molecule has 0 radical (unpaired) electrons. The Labute approximate surface area is 154 Å². The number of rotatable bonds is 6. The lowest BCUT2D eigenvalue weighted by Gasteiger charge is -2.27. The highest BCUT2D eigenvalue weighted by atomic mass is 16.3. The Bertz CT molecular complexity index is 857. The van der Waals surface area contributed by atoms with Gasteiger partial charge in [0.1, 0.15) is 11.8 Å². The van der Waals surface area contributed by atoms with Crippen LogP contribution in [-0.2, 0) is 11.3 Å². The van der Waals surface area contributed by atoms with E-state index in [4.69, 9.17) is 4.42 Å². The van der Waals surface area contributed by atoms with Crippen LogP contribution in [0.5, 0.6) is 0 Å². The number of hydrogen-bond donors (Lipinski definition) is 1. The van der Waals surface area contributed by atoms with E-state index in [9.17, 15) is 4.79 Å². The first-order valence-corrected chi connectivity index (χ1v) is 8.70. The van der Waals surface area contributed by atoms with Gasteiger partial charge in [-0.1, -0.05) is 42.5 Å². The Kier molecular flexibility index (Phi) is 5.54. The second-order valence-electron chi connectivity index (χ2n) is 6.62. The number of hydrogen-bond acceptors (Lipinski definition) is 3. The van der Waals surface area contributed by atoms with Crippen LogP contribution in [0.3, 0.4) is 0 Å². The van der Waals surface area contributed by atoms with Crippen LogP contribution in [0.25, 0.3) is 0 Å². The number of nitrogens with one attached hydrogen (secondary N) is 1. The van der Waals surface area contributed by atoms with Gasteiger partial charge in [-0.05, 0) is 55.8 Å². The number of anilines is 1. The fraction of sp³-hybridized carbons (Fsp3) is 0.227. The second-order valence-corrected chi connectivity index (χ2v) is 6.62. The van der Waals surface area contributed by atoms with Crippen molar-refractivity contribution in [2.24, 2.45) is 0 Å². The number of benzene rings is 2. The van der Waals surface area contributed by atoms with Crippen LogP contribution in [0.1, 0.15) is 28.5 Å². The van der Waals surface area contributed by atoms with Crippen molar-refractivity contribution in [2.75, 3.05) is 12.4 Å². The van der Waals surface area contributed by atoms with E-state index < -0.39 is 6.04 Å². The summed E-state index contributed by atoms with van der Waals surface area (Å²) in [6.07, 6.45) is 1.65. The average molecular weight is 348 g/mol. The Hall–Kier alpha value is -2.85. The number of amides is 1. The minimum absolute atomic E-state index is 0.0565. The van der Waals surface area contributed by atoms with Crippen molar-refractivity contribution in [3.8, 4) is 0 Å². The average Bonchev–Trinajstić information content (AvgIpc) is 3.12. The van der Waals surface area contributed by atoms with Crippen LogP contribution in [0.15, 0.2) is 71.3 Å². The van der Waals surface area contributed by atoms with Crippen LogP contribution in [0, 0.1) is 13.8 Å². The molecule has 1 aromatic heterocycles. The van der Waals surface area contributed by atoms with E-state index >= 15 is 0 Å². The highest BCUT2D eigenvalue weighted by Crippen LogP contribution is 2.25. The largest absolute Gasteiger partial charge is 0.468 e. The summed E-state index contributed by atoms with van der Waals surface area (Å²) in [4.78, 5) is 15.2. The summed E-state index contributed by atoms with van der Waals surface area (Å²) in [7, 11) is 1.93. The standard InChI is InChI=1S/C22H24N2O2/c1-16-11-12-17(2)20(14-16)23-22(25)21(18-8-5-4-6-9-18)24(3)15-19-10-7-13-26-19/h4-14,21H,15H2,1-3H3,(H,23,25). The summed E-state index contributed by atoms with van der Waals surface area (Å²) >= 11 is 0. The van der Waals surface area contributed by atoms with Crippen LogP contribution in [-0.4, -0.2) is 17.9 Å². The zero-order valence-corrected chi connectivity index (χ0v) is 15.4. The van der Waals surface area contributed by atoms with Crippen molar-refractivity contribution in [2.45, 2.75) is 26.4 Å². The highest BCUT2D eigenvalue weighted by molar-refractivity contribution is 5.96. The molecule has 1 amide bonds. The summed E-state index contributed by atoms with van der Waals surface area (Å²) in [5.41, 5.74) is 3.96. The van der Waals surface area contributed by atoms with Crippen molar-refractivity contribution in [3.63, 3.8) is 0 Å². The van der Waals surface area contributed by atoms with E-state index in [2.05, 4.69) is 5.32 Å². The van der Waals surface area contributed by atoms with Gasteiger partial charge in [0.2, 0.25) is 5.91 Å². The third-order valence-electron chi connectivity index (χ3n) is 4.44. The van der Waals surface area contributed by atoms with E-state index in [1.165, 1.54) is 0 Å². The minimum Gasteiger partial charge on any atom is -0.468 e. The molecule has 0 aliphatic heterocycles.